The van der Waals surface area contributed by atoms with Crippen LogP contribution in [0, 0.1) is 29.6 Å². The fourth-order valence-corrected chi connectivity index (χ4v) is 12.1. The van der Waals surface area contributed by atoms with Crippen molar-refractivity contribution in [2.24, 2.45) is 29.6 Å². The van der Waals surface area contributed by atoms with Crippen molar-refractivity contribution >= 4 is 69.3 Å². The summed E-state index contributed by atoms with van der Waals surface area (Å²) >= 11 is 0. The predicted molar refractivity (Wildman–Crippen MR) is 353 cm³/mol. The first kappa shape index (κ1) is 72.0. The number of rotatable bonds is 14. The van der Waals surface area contributed by atoms with Crippen molar-refractivity contribution in [2.45, 2.75) is 177 Å². The lowest BCUT2D eigenvalue weighted by Crippen LogP contribution is -2.42. The largest absolute Gasteiger partial charge is 0.481 e. The third kappa shape index (κ3) is 23.3. The molecule has 3 unspecified atom stereocenters. The summed E-state index contributed by atoms with van der Waals surface area (Å²) in [5, 5.41) is 33.7. The van der Waals surface area contributed by atoms with Gasteiger partial charge in [0.15, 0.2) is 0 Å². The molecule has 0 bridgehead atoms. The van der Waals surface area contributed by atoms with Crippen molar-refractivity contribution in [3.63, 3.8) is 0 Å². The van der Waals surface area contributed by atoms with Crippen molar-refractivity contribution in [3.05, 3.63) is 120 Å². The number of carbonyl (C=O) groups is 6. The second-order valence-corrected chi connectivity index (χ2v) is 26.9. The van der Waals surface area contributed by atoms with E-state index >= 15 is 0 Å². The number of carbonyl (C=O) groups excluding carboxylic acids is 3. The third-order valence-corrected chi connectivity index (χ3v) is 16.5. The van der Waals surface area contributed by atoms with Crippen molar-refractivity contribution in [3.8, 4) is 0 Å². The molecule has 0 saturated carbocycles. The number of aliphatic carboxylic acids is 3. The van der Waals surface area contributed by atoms with E-state index in [1.807, 2.05) is 135 Å². The van der Waals surface area contributed by atoms with Gasteiger partial charge in [-0.1, -0.05) is 69.5 Å². The Bertz CT molecular complexity index is 3180. The number of pyridine rings is 2. The minimum absolute atomic E-state index is 0. The highest BCUT2D eigenvalue weighted by Crippen LogP contribution is 2.38. The highest BCUT2D eigenvalue weighted by Gasteiger charge is 2.34. The average molecular weight is 1230 g/mol. The van der Waals surface area contributed by atoms with Crippen LogP contribution in [0.25, 0.3) is 27.4 Å². The number of nitrogens with zero attached hydrogens (tertiary/aromatic N) is 5. The third-order valence-electron chi connectivity index (χ3n) is 16.5. The van der Waals surface area contributed by atoms with Gasteiger partial charge in [-0.05, 0) is 215 Å². The smallest absolute Gasteiger partial charge is 0.410 e. The molecule has 6 heterocycles. The number of likely N-dealkylation sites (tertiary alicyclic amines) is 3. The SMILES string of the molecule is C.C.CC(C)(C)OC(=O)N1CCC(C/C(=C/C(=O)O)c2cnc3ccccc3c2)CC1.CC(C)(C)OC(=O)N1CCC(CC(CC(=O)O)C2CNc3ccccc3C2)CC1.CC(C)(C)OC(=O)N1CCC(CC(CC(=O)O)c2cnc3ccccc3c2)CC1.[2HH]. The summed E-state index contributed by atoms with van der Waals surface area (Å²) in [5.74, 6) is -0.946. The molecule has 5 aromatic rings. The van der Waals surface area contributed by atoms with E-state index in [-0.39, 0.29) is 59.2 Å². The number of amides is 3. The van der Waals surface area contributed by atoms with Gasteiger partial charge in [0.25, 0.3) is 0 Å². The number of carboxylic acid groups (broad SMARTS) is 3. The Balaban J connectivity index is 0.000000284. The minimum atomic E-state index is -0.959. The molecule has 3 amide bonds. The van der Waals surface area contributed by atoms with Crippen LogP contribution in [-0.2, 0) is 35.0 Å². The van der Waals surface area contributed by atoms with Crippen molar-refractivity contribution in [1.82, 2.24) is 24.7 Å². The van der Waals surface area contributed by atoms with Crippen molar-refractivity contribution in [2.75, 3.05) is 51.1 Å². The van der Waals surface area contributed by atoms with Gasteiger partial charge >= 0.3 is 36.2 Å². The standard InChI is InChI=1S/C23H34N2O4.C23H30N2O4.C23H28N2O4.2CH4.H2/c3*1-23(2,3)29-22(28)25-10-8-16(9-11-25)12-18(14-21(26)27)19-13-17-6-4-5-7-20(17)24-15-19;;;/h4-7,16,18-19,24H,8-15H2,1-3H3,(H,26,27);4-7,13,15-16,18H,8-12,14H2,1-3H3,(H,26,27);4-7,13-16H,8-12H2,1-3H3,(H,26,27);2*1H4;1H/b;;18-14-;;;/i;;;;;1+1. The lowest BCUT2D eigenvalue weighted by molar-refractivity contribution is -0.139. The van der Waals surface area contributed by atoms with Crippen LogP contribution in [0.3, 0.4) is 0 Å². The lowest BCUT2D eigenvalue weighted by Gasteiger charge is -2.37. The van der Waals surface area contributed by atoms with E-state index in [4.69, 9.17) is 14.2 Å². The van der Waals surface area contributed by atoms with Crippen LogP contribution >= 0.6 is 0 Å². The van der Waals surface area contributed by atoms with Gasteiger partial charge in [-0.25, -0.2) is 19.2 Å². The summed E-state index contributed by atoms with van der Waals surface area (Å²) in [6.45, 7) is 21.6. The summed E-state index contributed by atoms with van der Waals surface area (Å²) in [6.07, 6.45) is 12.8. The summed E-state index contributed by atoms with van der Waals surface area (Å²) in [5.41, 5.74) is 5.34. The van der Waals surface area contributed by atoms with Crippen LogP contribution in [0.15, 0.2) is 103 Å². The van der Waals surface area contributed by atoms with Gasteiger partial charge in [0.2, 0.25) is 0 Å². The molecule has 488 valence electrons. The first-order valence-electron chi connectivity index (χ1n) is 31.0. The number of piperidine rings is 3. The highest BCUT2D eigenvalue weighted by molar-refractivity contribution is 5.92. The van der Waals surface area contributed by atoms with Crippen LogP contribution in [-0.4, -0.2) is 139 Å². The molecule has 9 rings (SSSR count). The van der Waals surface area contributed by atoms with Crippen LogP contribution in [0.4, 0.5) is 20.1 Å². The molecule has 3 aromatic carbocycles. The second kappa shape index (κ2) is 32.6. The summed E-state index contributed by atoms with van der Waals surface area (Å²) in [6, 6.07) is 28.0. The maximum absolute atomic E-state index is 12.3. The number of allylic oxidation sites excluding steroid dienone is 1. The Morgan fingerprint density at radius 1 is 0.584 bits per heavy atom. The lowest BCUT2D eigenvalue weighted by atomic mass is 9.75. The number of nitrogens with one attached hydrogen (secondary N) is 1. The summed E-state index contributed by atoms with van der Waals surface area (Å²) < 4.78 is 16.4. The van der Waals surface area contributed by atoms with Gasteiger partial charge in [-0.2, -0.15) is 0 Å². The van der Waals surface area contributed by atoms with Crippen LogP contribution < -0.4 is 5.32 Å². The Morgan fingerprint density at radius 3 is 1.51 bits per heavy atom. The molecule has 2 aromatic heterocycles. The van der Waals surface area contributed by atoms with Crippen LogP contribution in [0.2, 0.25) is 0 Å². The number of para-hydroxylation sites is 3. The Labute approximate surface area is 529 Å². The maximum atomic E-state index is 12.3. The number of hydrogen-bond donors (Lipinski definition) is 4. The molecule has 4 aliphatic rings. The van der Waals surface area contributed by atoms with E-state index in [1.54, 1.807) is 20.9 Å². The van der Waals surface area contributed by atoms with Crippen molar-refractivity contribution < 1.29 is 59.7 Å². The normalized spacial score (nSPS) is 17.5. The number of hydrogen-bond acceptors (Lipinski definition) is 12. The van der Waals surface area contributed by atoms with Gasteiger partial charge in [-0.15, -0.1) is 0 Å². The number of anilines is 1. The topological polar surface area (TPSA) is 238 Å². The molecule has 3 atom stereocenters. The zero-order chi connectivity index (χ0) is 63.1. The van der Waals surface area contributed by atoms with E-state index in [0.717, 1.165) is 103 Å². The fraction of sp³-hybridized carbons (Fsp3) is 0.549. The number of aromatic nitrogens is 2. The Hall–Kier alpha value is -7.76. The zero-order valence-corrected chi connectivity index (χ0v) is 52.5. The summed E-state index contributed by atoms with van der Waals surface area (Å²) in [4.78, 5) is 85.4. The zero-order valence-electron chi connectivity index (χ0n) is 52.5. The molecule has 0 spiro atoms. The molecule has 0 radical (unpaired) electrons. The number of benzene rings is 3. The molecule has 4 N–H and O–H groups in total. The minimum Gasteiger partial charge on any atom is -0.481 e. The number of carboxylic acids is 3. The molecule has 4 aliphatic heterocycles. The molecular formula is C71H102N6O12. The van der Waals surface area contributed by atoms with E-state index in [2.05, 4.69) is 33.5 Å². The highest BCUT2D eigenvalue weighted by atomic mass is 16.6. The van der Waals surface area contributed by atoms with Crippen LogP contribution in [0.1, 0.15) is 172 Å². The van der Waals surface area contributed by atoms with Crippen LogP contribution in [0.5, 0.6) is 0 Å². The summed E-state index contributed by atoms with van der Waals surface area (Å²) in [7, 11) is 0. The predicted octanol–water partition coefficient (Wildman–Crippen LogP) is 15.5. The van der Waals surface area contributed by atoms with Crippen molar-refractivity contribution in [1.29, 1.82) is 0 Å². The van der Waals surface area contributed by atoms with E-state index in [0.29, 0.717) is 69.4 Å². The average Bonchev–Trinajstić information content (AvgIpc) is 1.34. The molecule has 0 aliphatic carbocycles. The van der Waals surface area contributed by atoms with Gasteiger partial charge in [0.05, 0.1) is 17.5 Å². The molecule has 18 nitrogen and oxygen atoms in total. The molecule has 18 heteroatoms. The van der Waals surface area contributed by atoms with E-state index in [9.17, 15) is 44.1 Å². The molecule has 89 heavy (non-hydrogen) atoms. The van der Waals surface area contributed by atoms with E-state index < -0.39 is 34.7 Å². The second-order valence-electron chi connectivity index (χ2n) is 26.9. The molecule has 3 saturated heterocycles. The molecular weight excluding hydrogens is 1130 g/mol. The Morgan fingerprint density at radius 2 is 1.02 bits per heavy atom. The van der Waals surface area contributed by atoms with Gasteiger partial charge < -0.3 is 49.5 Å². The fourth-order valence-electron chi connectivity index (χ4n) is 12.1. The number of ether oxygens (including phenoxy) is 3. The van der Waals surface area contributed by atoms with Gasteiger partial charge in [-0.3, -0.25) is 19.6 Å². The number of fused-ring (bicyclic) bond motifs is 3. The first-order valence-corrected chi connectivity index (χ1v) is 31.0. The Kier molecular flexibility index (Phi) is 26.4. The van der Waals surface area contributed by atoms with E-state index in [1.165, 1.54) is 17.3 Å². The maximum Gasteiger partial charge on any atom is 0.410 e. The quantitative estimate of drug-likeness (QED) is 0.0597. The van der Waals surface area contributed by atoms with Gasteiger partial charge in [0, 0.05) is 88.6 Å². The molecule has 3 fully saturated rings. The first-order chi connectivity index (χ1) is 41.1. The van der Waals surface area contributed by atoms with Gasteiger partial charge in [0.1, 0.15) is 16.8 Å². The monoisotopic (exact) mass is 1230 g/mol.